The van der Waals surface area contributed by atoms with Crippen LogP contribution in [0.2, 0.25) is 0 Å². The zero-order chi connectivity index (χ0) is 22.6. The van der Waals surface area contributed by atoms with Crippen LogP contribution < -0.4 is 0 Å². The van der Waals surface area contributed by atoms with Gasteiger partial charge in [0.1, 0.15) is 6.04 Å². The van der Waals surface area contributed by atoms with E-state index >= 15 is 0 Å². The Morgan fingerprint density at radius 3 is 2.19 bits per heavy atom. The van der Waals surface area contributed by atoms with Gasteiger partial charge in [-0.2, -0.15) is 4.31 Å². The van der Waals surface area contributed by atoms with Crippen molar-refractivity contribution in [3.05, 3.63) is 77.2 Å². The summed E-state index contributed by atoms with van der Waals surface area (Å²) in [5, 5.41) is 1.22. The zero-order valence-electron chi connectivity index (χ0n) is 17.5. The van der Waals surface area contributed by atoms with Crippen molar-refractivity contribution in [1.82, 2.24) is 14.1 Å². The maximum atomic E-state index is 13.2. The number of hydrogen-bond acceptors (Lipinski definition) is 5. The molecule has 2 aromatic carbocycles. The van der Waals surface area contributed by atoms with Crippen molar-refractivity contribution in [2.45, 2.75) is 6.04 Å². The van der Waals surface area contributed by atoms with E-state index in [-0.39, 0.29) is 24.9 Å². The van der Waals surface area contributed by atoms with E-state index < -0.39 is 16.1 Å². The molecule has 9 heteroatoms. The molecule has 0 N–H and O–H groups in total. The molecule has 0 aliphatic carbocycles. The summed E-state index contributed by atoms with van der Waals surface area (Å²) in [7, 11) is -3.56. The minimum Gasteiger partial charge on any atom is -0.338 e. The van der Waals surface area contributed by atoms with Gasteiger partial charge >= 0.3 is 0 Å². The number of benzene rings is 2. The molecular formula is C23H25N3O4S2. The number of hydrogen-bond donors (Lipinski definition) is 0. The topological polar surface area (TPSA) is 78.0 Å². The first-order valence-corrected chi connectivity index (χ1v) is 13.1. The second-order valence-corrected chi connectivity index (χ2v) is 10.5. The third kappa shape index (κ3) is 5.06. The fourth-order valence-corrected chi connectivity index (χ4v) is 6.10. The summed E-state index contributed by atoms with van der Waals surface area (Å²) in [6.07, 6.45) is 1.58. The van der Waals surface area contributed by atoms with E-state index in [1.165, 1.54) is 9.71 Å². The van der Waals surface area contributed by atoms with Crippen molar-refractivity contribution in [1.29, 1.82) is 0 Å². The lowest BCUT2D eigenvalue weighted by molar-refractivity contribution is -0.136. The number of carbonyl (C=O) groups excluding carboxylic acids is 2. The van der Waals surface area contributed by atoms with Crippen molar-refractivity contribution in [3.63, 3.8) is 0 Å². The molecule has 2 fully saturated rings. The molecule has 2 aliphatic heterocycles. The summed E-state index contributed by atoms with van der Waals surface area (Å²) < 4.78 is 26.7. The van der Waals surface area contributed by atoms with Gasteiger partial charge < -0.3 is 9.80 Å². The molecule has 0 spiro atoms. The van der Waals surface area contributed by atoms with Crippen molar-refractivity contribution >= 4 is 39.7 Å². The fraction of sp³-hybridized carbons (Fsp3) is 0.304. The summed E-state index contributed by atoms with van der Waals surface area (Å²) >= 11 is 1.56. The molecule has 0 bridgehead atoms. The monoisotopic (exact) mass is 471 g/mol. The minimum absolute atomic E-state index is 0.115. The molecule has 32 heavy (non-hydrogen) atoms. The second-order valence-electron chi connectivity index (χ2n) is 7.64. The average molecular weight is 472 g/mol. The molecule has 2 heterocycles. The maximum Gasteiger partial charge on any atom is 0.255 e. The predicted molar refractivity (Wildman–Crippen MR) is 126 cm³/mol. The Morgan fingerprint density at radius 1 is 0.906 bits per heavy atom. The number of thioether (sulfide) groups is 1. The second kappa shape index (κ2) is 9.89. The molecule has 4 rings (SSSR count). The quantitative estimate of drug-likeness (QED) is 0.669. The summed E-state index contributed by atoms with van der Waals surface area (Å²) in [6.45, 7) is 1.09. The van der Waals surface area contributed by atoms with E-state index in [2.05, 4.69) is 0 Å². The number of amides is 2. The molecule has 2 aliphatic rings. The van der Waals surface area contributed by atoms with Crippen LogP contribution in [0.15, 0.2) is 66.1 Å². The molecule has 2 amide bonds. The number of nitrogens with zero attached hydrogens (tertiary/aromatic N) is 3. The van der Waals surface area contributed by atoms with Crippen molar-refractivity contribution in [2.75, 3.05) is 37.8 Å². The third-order valence-electron chi connectivity index (χ3n) is 5.59. The number of carbonyl (C=O) groups is 2. The highest BCUT2D eigenvalue weighted by molar-refractivity contribution is 7.99. The first-order valence-electron chi connectivity index (χ1n) is 10.4. The van der Waals surface area contributed by atoms with Gasteiger partial charge in [-0.15, -0.1) is 11.8 Å². The minimum atomic E-state index is -3.56. The molecule has 0 unspecified atom stereocenters. The first kappa shape index (κ1) is 22.6. The summed E-state index contributed by atoms with van der Waals surface area (Å²) in [5.41, 5.74) is 1.38. The molecule has 0 radical (unpaired) electrons. The molecular weight excluding hydrogens is 446 g/mol. The van der Waals surface area contributed by atoms with Gasteiger partial charge in [-0.05, 0) is 23.8 Å². The smallest absolute Gasteiger partial charge is 0.255 e. The van der Waals surface area contributed by atoms with Crippen LogP contribution in [0.4, 0.5) is 0 Å². The van der Waals surface area contributed by atoms with Gasteiger partial charge in [0.05, 0.1) is 5.88 Å². The Labute approximate surface area is 192 Å². The largest absolute Gasteiger partial charge is 0.338 e. The van der Waals surface area contributed by atoms with Gasteiger partial charge in [-0.1, -0.05) is 48.5 Å². The molecule has 0 saturated carbocycles. The Morgan fingerprint density at radius 2 is 1.53 bits per heavy atom. The molecule has 7 nitrogen and oxygen atoms in total. The Balaban J connectivity index is 1.37. The lowest BCUT2D eigenvalue weighted by atomic mass is 10.1. The van der Waals surface area contributed by atoms with Crippen LogP contribution in [0.25, 0.3) is 6.08 Å². The third-order valence-corrected chi connectivity index (χ3v) is 8.17. The fourth-order valence-electron chi connectivity index (χ4n) is 3.78. The van der Waals surface area contributed by atoms with E-state index in [9.17, 15) is 18.0 Å². The van der Waals surface area contributed by atoms with Gasteiger partial charge in [0.25, 0.3) is 5.91 Å². The van der Waals surface area contributed by atoms with Gasteiger partial charge in [0.2, 0.25) is 15.9 Å². The number of sulfonamides is 1. The standard InChI is InChI=1S/C23H25N3O4S2/c27-22(20-9-5-2-6-10-20)26-18-31-17-21(26)23(28)24-12-14-25(15-13-24)32(29,30)16-11-19-7-3-1-4-8-19/h1-11,16,21H,12-15,17-18H2/b16-11+/t21-/m0/s1. The zero-order valence-corrected chi connectivity index (χ0v) is 19.2. The molecule has 1 atom stereocenters. The molecule has 0 aromatic heterocycles. The van der Waals surface area contributed by atoms with Crippen LogP contribution >= 0.6 is 11.8 Å². The average Bonchev–Trinajstić information content (AvgIpc) is 3.33. The molecule has 168 valence electrons. The highest BCUT2D eigenvalue weighted by Crippen LogP contribution is 2.25. The van der Waals surface area contributed by atoms with Crippen molar-refractivity contribution in [2.24, 2.45) is 0 Å². The van der Waals surface area contributed by atoms with Crippen LogP contribution in [0.3, 0.4) is 0 Å². The predicted octanol–water partition coefficient (Wildman–Crippen LogP) is 2.35. The van der Waals surface area contributed by atoms with E-state index in [4.69, 9.17) is 0 Å². The Kier molecular flexibility index (Phi) is 6.98. The number of rotatable bonds is 5. The lowest BCUT2D eigenvalue weighted by Crippen LogP contribution is -2.55. The van der Waals surface area contributed by atoms with Crippen LogP contribution in [0, 0.1) is 0 Å². The normalized spacial score (nSPS) is 20.1. The highest BCUT2D eigenvalue weighted by atomic mass is 32.2. The van der Waals surface area contributed by atoms with Crippen molar-refractivity contribution in [3.8, 4) is 0 Å². The SMILES string of the molecule is O=C([C@@H]1CSCN1C(=O)c1ccccc1)N1CCN(S(=O)(=O)/C=C/c2ccccc2)CC1. The van der Waals surface area contributed by atoms with E-state index in [1.807, 2.05) is 36.4 Å². The highest BCUT2D eigenvalue weighted by Gasteiger charge is 2.39. The maximum absolute atomic E-state index is 13.2. The lowest BCUT2D eigenvalue weighted by Gasteiger charge is -2.36. The Bertz CT molecular complexity index is 1080. The summed E-state index contributed by atoms with van der Waals surface area (Å²) in [5.74, 6) is 0.760. The van der Waals surface area contributed by atoms with Crippen LogP contribution in [0.1, 0.15) is 15.9 Å². The summed E-state index contributed by atoms with van der Waals surface area (Å²) in [4.78, 5) is 29.3. The van der Waals surface area contributed by atoms with Crippen LogP contribution in [-0.2, 0) is 14.8 Å². The summed E-state index contributed by atoms with van der Waals surface area (Å²) in [6, 6.07) is 17.7. The first-order chi connectivity index (χ1) is 15.5. The van der Waals surface area contributed by atoms with E-state index in [0.717, 1.165) is 5.56 Å². The van der Waals surface area contributed by atoms with Crippen molar-refractivity contribution < 1.29 is 18.0 Å². The van der Waals surface area contributed by atoms with Gasteiger partial charge in [0.15, 0.2) is 0 Å². The van der Waals surface area contributed by atoms with Crippen LogP contribution in [-0.4, -0.2) is 78.2 Å². The van der Waals surface area contributed by atoms with E-state index in [0.29, 0.717) is 30.3 Å². The van der Waals surface area contributed by atoms with Gasteiger partial charge in [-0.3, -0.25) is 9.59 Å². The van der Waals surface area contributed by atoms with Gasteiger partial charge in [0, 0.05) is 42.9 Å². The van der Waals surface area contributed by atoms with Gasteiger partial charge in [-0.25, -0.2) is 8.42 Å². The Hall–Kier alpha value is -2.62. The van der Waals surface area contributed by atoms with E-state index in [1.54, 1.807) is 51.9 Å². The van der Waals surface area contributed by atoms with Crippen LogP contribution in [0.5, 0.6) is 0 Å². The molecule has 2 aromatic rings. The molecule has 2 saturated heterocycles. The number of piperazine rings is 1.